The second-order valence-electron chi connectivity index (χ2n) is 7.64. The van der Waals surface area contributed by atoms with Crippen LogP contribution in [0.1, 0.15) is 36.7 Å². The van der Waals surface area contributed by atoms with Gasteiger partial charge in [-0.1, -0.05) is 45.0 Å². The summed E-state index contributed by atoms with van der Waals surface area (Å²) in [4.78, 5) is 27.5. The van der Waals surface area contributed by atoms with Crippen molar-refractivity contribution in [3.05, 3.63) is 82.3 Å². The molecule has 1 heterocycles. The molecule has 0 aliphatic rings. The van der Waals surface area contributed by atoms with Crippen LogP contribution < -0.4 is 15.6 Å². The van der Waals surface area contributed by atoms with E-state index in [1.165, 1.54) is 0 Å². The molecule has 0 radical (unpaired) electrons. The Hall–Kier alpha value is -3.34. The molecule has 5 heteroatoms. The molecule has 0 spiro atoms. The zero-order valence-electron chi connectivity index (χ0n) is 16.5. The molecule has 0 saturated heterocycles. The third-order valence-electron chi connectivity index (χ3n) is 4.57. The molecule has 0 aliphatic carbocycles. The Bertz CT molecular complexity index is 1040. The number of carbonyl (C=O) groups excluding carboxylic acids is 1. The van der Waals surface area contributed by atoms with E-state index in [1.54, 1.807) is 31.5 Å². The standard InChI is InChI=1S/C23H24N2O3/c1-23(2,3)18-10-8-15(9-11-18)21(26)25-20-13-17(14-24-22(20)27)16-6-5-7-19(12-16)28-4/h5-14H,1-4H3,(H,24,27)(H,25,26). The summed E-state index contributed by atoms with van der Waals surface area (Å²) in [6.07, 6.45) is 1.62. The van der Waals surface area contributed by atoms with Crippen molar-refractivity contribution in [3.63, 3.8) is 0 Å². The lowest BCUT2D eigenvalue weighted by atomic mass is 9.87. The number of aromatic amines is 1. The lowest BCUT2D eigenvalue weighted by molar-refractivity contribution is 0.102. The fourth-order valence-corrected chi connectivity index (χ4v) is 2.86. The first-order valence-corrected chi connectivity index (χ1v) is 9.07. The topological polar surface area (TPSA) is 71.2 Å². The van der Waals surface area contributed by atoms with Crippen LogP contribution in [-0.4, -0.2) is 18.0 Å². The Balaban J connectivity index is 1.85. The molecule has 28 heavy (non-hydrogen) atoms. The molecule has 144 valence electrons. The molecular formula is C23H24N2O3. The van der Waals surface area contributed by atoms with Crippen molar-refractivity contribution < 1.29 is 9.53 Å². The van der Waals surface area contributed by atoms with E-state index in [0.717, 1.165) is 16.7 Å². The van der Waals surface area contributed by atoms with Crippen LogP contribution in [0.3, 0.4) is 0 Å². The summed E-state index contributed by atoms with van der Waals surface area (Å²) in [6, 6.07) is 16.6. The third-order valence-corrected chi connectivity index (χ3v) is 4.57. The van der Waals surface area contributed by atoms with Gasteiger partial charge in [0.05, 0.1) is 7.11 Å². The van der Waals surface area contributed by atoms with Gasteiger partial charge in [0.25, 0.3) is 11.5 Å². The SMILES string of the molecule is COc1cccc(-c2c[nH]c(=O)c(NC(=O)c3ccc(C(C)(C)C)cc3)c2)c1. The van der Waals surface area contributed by atoms with Crippen LogP contribution in [-0.2, 0) is 5.41 Å². The molecule has 3 aromatic rings. The third kappa shape index (κ3) is 4.31. The van der Waals surface area contributed by atoms with Crippen LogP contribution in [0, 0.1) is 0 Å². The second kappa shape index (κ2) is 7.72. The minimum Gasteiger partial charge on any atom is -0.497 e. The molecule has 1 aromatic heterocycles. The zero-order chi connectivity index (χ0) is 20.3. The first-order valence-electron chi connectivity index (χ1n) is 9.07. The maximum absolute atomic E-state index is 12.6. The number of hydrogen-bond donors (Lipinski definition) is 2. The van der Waals surface area contributed by atoms with Crippen LogP contribution in [0.25, 0.3) is 11.1 Å². The molecule has 3 rings (SSSR count). The Morgan fingerprint density at radius 1 is 1.00 bits per heavy atom. The van der Waals surface area contributed by atoms with Gasteiger partial charge in [-0.2, -0.15) is 0 Å². The Labute approximate surface area is 164 Å². The highest BCUT2D eigenvalue weighted by molar-refractivity contribution is 6.04. The van der Waals surface area contributed by atoms with Gasteiger partial charge in [0.15, 0.2) is 0 Å². The van der Waals surface area contributed by atoms with Gasteiger partial charge in [0, 0.05) is 17.3 Å². The van der Waals surface area contributed by atoms with E-state index in [1.807, 2.05) is 36.4 Å². The van der Waals surface area contributed by atoms with Gasteiger partial charge in [-0.3, -0.25) is 9.59 Å². The second-order valence-corrected chi connectivity index (χ2v) is 7.64. The summed E-state index contributed by atoms with van der Waals surface area (Å²) in [6.45, 7) is 6.35. The number of methoxy groups -OCH3 is 1. The van der Waals surface area contributed by atoms with Gasteiger partial charge in [-0.15, -0.1) is 0 Å². The summed E-state index contributed by atoms with van der Waals surface area (Å²) in [5.41, 5.74) is 3.15. The molecule has 2 N–H and O–H groups in total. The van der Waals surface area contributed by atoms with Gasteiger partial charge in [0.1, 0.15) is 11.4 Å². The van der Waals surface area contributed by atoms with Gasteiger partial charge in [0.2, 0.25) is 0 Å². The molecule has 0 atom stereocenters. The lowest BCUT2D eigenvalue weighted by Crippen LogP contribution is -2.20. The fraction of sp³-hybridized carbons (Fsp3) is 0.217. The quantitative estimate of drug-likeness (QED) is 0.699. The molecule has 0 unspecified atom stereocenters. The smallest absolute Gasteiger partial charge is 0.271 e. The van der Waals surface area contributed by atoms with E-state index in [9.17, 15) is 9.59 Å². The normalized spacial score (nSPS) is 11.1. The summed E-state index contributed by atoms with van der Waals surface area (Å²) < 4.78 is 5.24. The Kier molecular flexibility index (Phi) is 5.36. The summed E-state index contributed by atoms with van der Waals surface area (Å²) >= 11 is 0. The number of carbonyl (C=O) groups is 1. The van der Waals surface area contributed by atoms with E-state index < -0.39 is 0 Å². The van der Waals surface area contributed by atoms with Crippen molar-refractivity contribution in [2.75, 3.05) is 12.4 Å². The number of aromatic nitrogens is 1. The monoisotopic (exact) mass is 376 g/mol. The Morgan fingerprint density at radius 3 is 2.36 bits per heavy atom. The number of rotatable bonds is 4. The van der Waals surface area contributed by atoms with Crippen molar-refractivity contribution in [1.29, 1.82) is 0 Å². The van der Waals surface area contributed by atoms with Crippen molar-refractivity contribution in [3.8, 4) is 16.9 Å². The fourth-order valence-electron chi connectivity index (χ4n) is 2.86. The number of amides is 1. The number of anilines is 1. The van der Waals surface area contributed by atoms with E-state index in [4.69, 9.17) is 4.74 Å². The molecular weight excluding hydrogens is 352 g/mol. The van der Waals surface area contributed by atoms with Crippen LogP contribution in [0.5, 0.6) is 5.75 Å². The zero-order valence-corrected chi connectivity index (χ0v) is 16.5. The highest BCUT2D eigenvalue weighted by Crippen LogP contribution is 2.25. The number of pyridine rings is 1. The van der Waals surface area contributed by atoms with Crippen LogP contribution in [0.2, 0.25) is 0 Å². The highest BCUT2D eigenvalue weighted by atomic mass is 16.5. The number of hydrogen-bond acceptors (Lipinski definition) is 3. The average Bonchev–Trinajstić information content (AvgIpc) is 2.69. The lowest BCUT2D eigenvalue weighted by Gasteiger charge is -2.19. The van der Waals surface area contributed by atoms with Gasteiger partial charge in [-0.05, 0) is 46.9 Å². The van der Waals surface area contributed by atoms with Crippen molar-refractivity contribution >= 4 is 11.6 Å². The van der Waals surface area contributed by atoms with Crippen molar-refractivity contribution in [1.82, 2.24) is 4.98 Å². The molecule has 1 amide bonds. The minimum atomic E-state index is -0.355. The van der Waals surface area contributed by atoms with Gasteiger partial charge < -0.3 is 15.0 Å². The van der Waals surface area contributed by atoms with Crippen molar-refractivity contribution in [2.45, 2.75) is 26.2 Å². The molecule has 0 saturated carbocycles. The van der Waals surface area contributed by atoms with Crippen LogP contribution in [0.4, 0.5) is 5.69 Å². The largest absolute Gasteiger partial charge is 0.497 e. The molecule has 0 aliphatic heterocycles. The Morgan fingerprint density at radius 2 is 1.71 bits per heavy atom. The predicted molar refractivity (Wildman–Crippen MR) is 112 cm³/mol. The van der Waals surface area contributed by atoms with E-state index >= 15 is 0 Å². The van der Waals surface area contributed by atoms with E-state index in [2.05, 4.69) is 31.1 Å². The first-order chi connectivity index (χ1) is 13.3. The van der Waals surface area contributed by atoms with Crippen molar-refractivity contribution in [2.24, 2.45) is 0 Å². The maximum atomic E-state index is 12.6. The summed E-state index contributed by atoms with van der Waals surface area (Å²) in [5.74, 6) is 0.391. The van der Waals surface area contributed by atoms with E-state index in [-0.39, 0.29) is 22.6 Å². The molecule has 2 aromatic carbocycles. The van der Waals surface area contributed by atoms with Gasteiger partial charge >= 0.3 is 0 Å². The number of benzene rings is 2. The molecule has 0 bridgehead atoms. The predicted octanol–water partition coefficient (Wildman–Crippen LogP) is 4.60. The summed E-state index contributed by atoms with van der Waals surface area (Å²) in [5, 5.41) is 2.71. The summed E-state index contributed by atoms with van der Waals surface area (Å²) in [7, 11) is 1.60. The average molecular weight is 376 g/mol. The molecule has 5 nitrogen and oxygen atoms in total. The van der Waals surface area contributed by atoms with Crippen LogP contribution >= 0.6 is 0 Å². The number of H-pyrrole nitrogens is 1. The van der Waals surface area contributed by atoms with Gasteiger partial charge in [-0.25, -0.2) is 0 Å². The molecule has 0 fully saturated rings. The minimum absolute atomic E-state index is 0.0111. The van der Waals surface area contributed by atoms with E-state index in [0.29, 0.717) is 11.3 Å². The highest BCUT2D eigenvalue weighted by Gasteiger charge is 2.15. The maximum Gasteiger partial charge on any atom is 0.271 e. The van der Waals surface area contributed by atoms with Crippen LogP contribution in [0.15, 0.2) is 65.6 Å². The number of nitrogens with one attached hydrogen (secondary N) is 2. The number of ether oxygens (including phenoxy) is 1. The first kappa shape index (κ1) is 19.4.